The van der Waals surface area contributed by atoms with Gasteiger partial charge < -0.3 is 19.5 Å². The number of anilines is 1. The van der Waals surface area contributed by atoms with Crippen molar-refractivity contribution in [1.29, 1.82) is 0 Å². The molecule has 4 rings (SSSR count). The summed E-state index contributed by atoms with van der Waals surface area (Å²) in [5.41, 5.74) is 2.34. The van der Waals surface area contributed by atoms with Crippen LogP contribution >= 0.6 is 11.8 Å². The molecule has 0 unspecified atom stereocenters. The van der Waals surface area contributed by atoms with Crippen molar-refractivity contribution in [2.24, 2.45) is 11.8 Å². The highest BCUT2D eigenvalue weighted by Gasteiger charge is 2.26. The summed E-state index contributed by atoms with van der Waals surface area (Å²) in [6.45, 7) is 6.20. The molecule has 3 aromatic rings. The van der Waals surface area contributed by atoms with E-state index >= 15 is 0 Å². The Morgan fingerprint density at radius 3 is 2.55 bits per heavy atom. The largest absolute Gasteiger partial charge is 0.495 e. The van der Waals surface area contributed by atoms with Crippen LogP contribution in [-0.4, -0.2) is 52.2 Å². The highest BCUT2D eigenvalue weighted by molar-refractivity contribution is 7.99. The minimum atomic E-state index is -0.159. The summed E-state index contributed by atoms with van der Waals surface area (Å²) in [7, 11) is 1.57. The van der Waals surface area contributed by atoms with Crippen molar-refractivity contribution >= 4 is 40.3 Å². The highest BCUT2D eigenvalue weighted by atomic mass is 32.2. The van der Waals surface area contributed by atoms with Crippen molar-refractivity contribution in [1.82, 2.24) is 14.5 Å². The molecular weight excluding hydrogens is 436 g/mol. The Hall–Kier alpha value is -3.00. The molecule has 1 N–H and O–H groups in total. The van der Waals surface area contributed by atoms with E-state index in [0.29, 0.717) is 28.4 Å². The Bertz CT molecular complexity index is 1140. The number of carbonyl (C=O) groups excluding carboxylic acids is 2. The lowest BCUT2D eigenvalue weighted by Crippen LogP contribution is -2.44. The predicted molar refractivity (Wildman–Crippen MR) is 132 cm³/mol. The molecular formula is C25H30N4O3S. The second-order valence-electron chi connectivity index (χ2n) is 8.75. The quantitative estimate of drug-likeness (QED) is 0.526. The molecule has 2 aromatic carbocycles. The van der Waals surface area contributed by atoms with Gasteiger partial charge in [0, 0.05) is 13.1 Å². The second kappa shape index (κ2) is 10.3. The molecule has 0 spiro atoms. The molecule has 0 radical (unpaired) electrons. The van der Waals surface area contributed by atoms with Crippen molar-refractivity contribution in [3.05, 3.63) is 48.5 Å². The molecule has 1 saturated heterocycles. The van der Waals surface area contributed by atoms with Gasteiger partial charge in [0.1, 0.15) is 12.3 Å². The summed E-state index contributed by atoms with van der Waals surface area (Å²) in [4.78, 5) is 32.5. The van der Waals surface area contributed by atoms with E-state index in [2.05, 4.69) is 19.2 Å². The minimum Gasteiger partial charge on any atom is -0.495 e. The van der Waals surface area contributed by atoms with Crippen LogP contribution < -0.4 is 10.1 Å². The predicted octanol–water partition coefficient (Wildman–Crippen LogP) is 4.28. The third kappa shape index (κ3) is 5.50. The molecule has 8 heteroatoms. The first-order chi connectivity index (χ1) is 15.9. The molecule has 0 aliphatic carbocycles. The van der Waals surface area contributed by atoms with Gasteiger partial charge in [-0.2, -0.15) is 0 Å². The van der Waals surface area contributed by atoms with Crippen LogP contribution in [-0.2, 0) is 16.1 Å². The molecule has 2 atom stereocenters. The SMILES string of the molecule is COc1ccccc1NC(=O)CSc1nc2ccccc2n1CC(=O)N1C[C@@H](C)C[C@H](C)C1. The number of methoxy groups -OCH3 is 1. The smallest absolute Gasteiger partial charge is 0.242 e. The molecule has 1 aromatic heterocycles. The van der Waals surface area contributed by atoms with E-state index in [1.807, 2.05) is 45.9 Å². The standard InChI is InChI=1S/C25H30N4O3S/c1-17-12-18(2)14-28(13-17)24(31)15-29-21-10-6-4-8-19(21)27-25(29)33-16-23(30)26-20-9-5-7-11-22(20)32-3/h4-11,17-18H,12-16H2,1-3H3,(H,26,30)/t17-,18-/m0/s1. The maximum absolute atomic E-state index is 13.2. The van der Waals surface area contributed by atoms with Crippen LogP contribution in [0.2, 0.25) is 0 Å². The van der Waals surface area contributed by atoms with Crippen LogP contribution in [0.25, 0.3) is 11.0 Å². The average Bonchev–Trinajstić information content (AvgIpc) is 3.14. The van der Waals surface area contributed by atoms with E-state index < -0.39 is 0 Å². The Balaban J connectivity index is 1.49. The van der Waals surface area contributed by atoms with Crippen LogP contribution in [0.1, 0.15) is 20.3 Å². The van der Waals surface area contributed by atoms with Crippen LogP contribution in [0.15, 0.2) is 53.7 Å². The lowest BCUT2D eigenvalue weighted by Gasteiger charge is -2.35. The number of likely N-dealkylation sites (tertiary alicyclic amines) is 1. The lowest BCUT2D eigenvalue weighted by atomic mass is 9.92. The normalized spacial score (nSPS) is 18.3. The number of hydrogen-bond acceptors (Lipinski definition) is 5. The van der Waals surface area contributed by atoms with Gasteiger partial charge in [0.15, 0.2) is 5.16 Å². The first-order valence-electron chi connectivity index (χ1n) is 11.2. The summed E-state index contributed by atoms with van der Waals surface area (Å²) in [5.74, 6) is 1.73. The topological polar surface area (TPSA) is 76.5 Å². The molecule has 7 nitrogen and oxygen atoms in total. The number of ether oxygens (including phenoxy) is 1. The number of amides is 2. The van der Waals surface area contributed by atoms with Gasteiger partial charge in [0.2, 0.25) is 11.8 Å². The third-order valence-corrected chi connectivity index (χ3v) is 6.82. The fourth-order valence-corrected chi connectivity index (χ4v) is 5.30. The number of para-hydroxylation sites is 4. The van der Waals surface area contributed by atoms with Crippen LogP contribution in [0.5, 0.6) is 5.75 Å². The number of fused-ring (bicyclic) bond motifs is 1. The van der Waals surface area contributed by atoms with Gasteiger partial charge in [-0.3, -0.25) is 9.59 Å². The molecule has 1 aliphatic heterocycles. The lowest BCUT2D eigenvalue weighted by molar-refractivity contribution is -0.134. The van der Waals surface area contributed by atoms with E-state index in [0.717, 1.165) is 30.5 Å². The molecule has 0 saturated carbocycles. The maximum Gasteiger partial charge on any atom is 0.242 e. The molecule has 1 aliphatic rings. The van der Waals surface area contributed by atoms with Gasteiger partial charge in [-0.15, -0.1) is 0 Å². The van der Waals surface area contributed by atoms with Crippen molar-refractivity contribution in [2.75, 3.05) is 31.3 Å². The highest BCUT2D eigenvalue weighted by Crippen LogP contribution is 2.27. The number of benzene rings is 2. The fraction of sp³-hybridized carbons (Fsp3) is 0.400. The first kappa shape index (κ1) is 23.2. The van der Waals surface area contributed by atoms with Gasteiger partial charge in [-0.05, 0) is 42.5 Å². The summed E-state index contributed by atoms with van der Waals surface area (Å²) in [6, 6.07) is 15.1. The number of carbonyl (C=O) groups is 2. The van der Waals surface area contributed by atoms with Gasteiger partial charge >= 0.3 is 0 Å². The van der Waals surface area contributed by atoms with Gasteiger partial charge in [0.05, 0.1) is 29.6 Å². The van der Waals surface area contributed by atoms with E-state index in [9.17, 15) is 9.59 Å². The Labute approximate surface area is 198 Å². The zero-order valence-electron chi connectivity index (χ0n) is 19.3. The minimum absolute atomic E-state index is 0.0943. The Kier molecular flexibility index (Phi) is 7.23. The number of imidazole rings is 1. The molecule has 1 fully saturated rings. The van der Waals surface area contributed by atoms with Crippen LogP contribution in [0.4, 0.5) is 5.69 Å². The fourth-order valence-electron chi connectivity index (χ4n) is 4.48. The van der Waals surface area contributed by atoms with Crippen LogP contribution in [0, 0.1) is 11.8 Å². The zero-order chi connectivity index (χ0) is 23.4. The zero-order valence-corrected chi connectivity index (χ0v) is 20.1. The van der Waals surface area contributed by atoms with Crippen molar-refractivity contribution in [3.63, 3.8) is 0 Å². The Morgan fingerprint density at radius 2 is 1.79 bits per heavy atom. The number of piperidine rings is 1. The van der Waals surface area contributed by atoms with Gasteiger partial charge in [0.25, 0.3) is 0 Å². The first-order valence-corrected chi connectivity index (χ1v) is 12.2. The van der Waals surface area contributed by atoms with Crippen LogP contribution in [0.3, 0.4) is 0 Å². The average molecular weight is 467 g/mol. The van der Waals surface area contributed by atoms with E-state index in [-0.39, 0.29) is 24.1 Å². The number of nitrogens with one attached hydrogen (secondary N) is 1. The molecule has 2 amide bonds. The summed E-state index contributed by atoms with van der Waals surface area (Å²) in [5, 5.41) is 3.55. The Morgan fingerprint density at radius 1 is 1.09 bits per heavy atom. The number of rotatable bonds is 7. The number of thioether (sulfide) groups is 1. The summed E-state index contributed by atoms with van der Waals surface area (Å²) in [6.07, 6.45) is 1.15. The van der Waals surface area contributed by atoms with E-state index in [1.165, 1.54) is 11.8 Å². The molecule has 2 heterocycles. The van der Waals surface area contributed by atoms with Crippen molar-refractivity contribution < 1.29 is 14.3 Å². The molecule has 33 heavy (non-hydrogen) atoms. The number of nitrogens with zero attached hydrogens (tertiary/aromatic N) is 3. The van der Waals surface area contributed by atoms with Crippen molar-refractivity contribution in [2.45, 2.75) is 32.0 Å². The monoisotopic (exact) mass is 466 g/mol. The van der Waals surface area contributed by atoms with E-state index in [4.69, 9.17) is 9.72 Å². The molecule has 0 bridgehead atoms. The third-order valence-electron chi connectivity index (χ3n) is 5.85. The summed E-state index contributed by atoms with van der Waals surface area (Å²) >= 11 is 1.33. The van der Waals surface area contributed by atoms with Gasteiger partial charge in [-0.1, -0.05) is 49.9 Å². The maximum atomic E-state index is 13.2. The van der Waals surface area contributed by atoms with E-state index in [1.54, 1.807) is 19.2 Å². The number of hydrogen-bond donors (Lipinski definition) is 1. The molecule has 174 valence electrons. The number of aromatic nitrogens is 2. The van der Waals surface area contributed by atoms with Gasteiger partial charge in [-0.25, -0.2) is 4.98 Å². The van der Waals surface area contributed by atoms with Crippen molar-refractivity contribution in [3.8, 4) is 5.75 Å². The second-order valence-corrected chi connectivity index (χ2v) is 9.69. The summed E-state index contributed by atoms with van der Waals surface area (Å²) < 4.78 is 7.24.